The summed E-state index contributed by atoms with van der Waals surface area (Å²) in [5.74, 6) is -0.402. The average molecular weight is 470 g/mol. The number of hydrogen-bond acceptors (Lipinski definition) is 10. The molecule has 0 spiro atoms. The molecule has 0 fully saturated rings. The minimum Gasteiger partial charge on any atom is -0.587 e. The number of hydrogen-bond donors (Lipinski definition) is 4. The Morgan fingerprint density at radius 1 is 1.41 bits per heavy atom. The lowest BCUT2D eigenvalue weighted by molar-refractivity contribution is -0.492. The summed E-state index contributed by atoms with van der Waals surface area (Å²) in [6, 6.07) is 1.49. The van der Waals surface area contributed by atoms with Gasteiger partial charge in [0.05, 0.1) is 17.2 Å². The Morgan fingerprint density at radius 2 is 2.14 bits per heavy atom. The van der Waals surface area contributed by atoms with Gasteiger partial charge in [0.1, 0.15) is 15.6 Å². The van der Waals surface area contributed by atoms with Gasteiger partial charge in [-0.15, -0.1) is 0 Å². The van der Waals surface area contributed by atoms with Crippen molar-refractivity contribution in [3.05, 3.63) is 11.6 Å². The summed E-state index contributed by atoms with van der Waals surface area (Å²) in [5.41, 5.74) is 0.620. The highest BCUT2D eigenvalue weighted by Gasteiger charge is 2.40. The van der Waals surface area contributed by atoms with E-state index in [1.807, 2.05) is 6.92 Å². The molecule has 0 aliphatic carbocycles. The van der Waals surface area contributed by atoms with E-state index in [4.69, 9.17) is 10.4 Å². The summed E-state index contributed by atoms with van der Waals surface area (Å²) < 4.78 is 40.7. The molecule has 0 bridgehead atoms. The summed E-state index contributed by atoms with van der Waals surface area (Å²) in [6.45, 7) is 4.39. The Balaban J connectivity index is 1.94. The van der Waals surface area contributed by atoms with Crippen molar-refractivity contribution >= 4 is 38.4 Å². The van der Waals surface area contributed by atoms with Crippen LogP contribution in [0.4, 0.5) is 0 Å². The molecule has 1 amide bonds. The van der Waals surface area contributed by atoms with Crippen LogP contribution in [0.2, 0.25) is 0 Å². The van der Waals surface area contributed by atoms with Crippen molar-refractivity contribution in [3.63, 3.8) is 0 Å². The van der Waals surface area contributed by atoms with Gasteiger partial charge in [0.15, 0.2) is 9.84 Å². The van der Waals surface area contributed by atoms with Crippen LogP contribution in [0.5, 0.6) is 0 Å². The highest BCUT2D eigenvalue weighted by atomic mass is 32.3. The number of unbranched alkanes of at least 4 members (excludes halogenated alkanes) is 2. The van der Waals surface area contributed by atoms with E-state index in [1.54, 1.807) is 13.0 Å². The minimum absolute atomic E-state index is 0.0984. The molecule has 1 aliphatic rings. The predicted molar refractivity (Wildman–Crippen MR) is 106 cm³/mol. The third kappa shape index (κ3) is 6.60. The van der Waals surface area contributed by atoms with Crippen LogP contribution in [0.3, 0.4) is 0 Å². The first-order chi connectivity index (χ1) is 13.7. The second-order valence-electron chi connectivity index (χ2n) is 6.70. The van der Waals surface area contributed by atoms with Gasteiger partial charge in [-0.2, -0.15) is 4.72 Å². The number of fused-ring (bicyclic) bond motifs is 1. The van der Waals surface area contributed by atoms with E-state index in [0.29, 0.717) is 42.0 Å². The molecule has 4 N–H and O–H groups in total. The Labute approximate surface area is 177 Å². The van der Waals surface area contributed by atoms with Gasteiger partial charge < -0.3 is 9.87 Å². The average Bonchev–Trinajstić information content (AvgIpc) is 3.09. The third-order valence-electron chi connectivity index (χ3n) is 4.53. The maximum atomic E-state index is 12.6. The van der Waals surface area contributed by atoms with Crippen LogP contribution in [0.1, 0.15) is 57.6 Å². The SMILES string of the molecule is CCN[C@H]1CC(C)S(=O)(=O)c2sc([S+]([O-])NC(=O)CCCCCON(O)O)cc21. The molecule has 2 heterocycles. The number of nitrogens with zero attached hydrogens (tertiary/aromatic N) is 1. The lowest BCUT2D eigenvalue weighted by Crippen LogP contribution is -2.33. The lowest BCUT2D eigenvalue weighted by Gasteiger charge is -2.27. The van der Waals surface area contributed by atoms with Gasteiger partial charge in [0.2, 0.25) is 4.21 Å². The van der Waals surface area contributed by atoms with E-state index < -0.39 is 32.4 Å². The van der Waals surface area contributed by atoms with Crippen LogP contribution in [0, 0.1) is 0 Å². The Morgan fingerprint density at radius 3 is 2.79 bits per heavy atom. The van der Waals surface area contributed by atoms with Crippen molar-refractivity contribution in [1.29, 1.82) is 0 Å². The molecule has 0 aromatic carbocycles. The van der Waals surface area contributed by atoms with Crippen molar-refractivity contribution in [2.24, 2.45) is 0 Å². The standard InChI is InChI=1S/C16H27N3O7S3/c1-3-17-13-9-11(2)29(24,25)16-12(13)10-15(27-16)28(23)18-14(20)7-5-4-6-8-26-19(21)22/h10-11,13,17,21-22H,3-9H2,1-2H3,(H,18,20)/t11?,13-,28?/m0/s1. The second kappa shape index (κ2) is 11.0. The number of carbonyl (C=O) groups excluding carboxylic acids is 1. The molecule has 166 valence electrons. The topological polar surface area (TPSA) is 151 Å². The molecular formula is C16H27N3O7S3. The zero-order chi connectivity index (χ0) is 21.6. The van der Waals surface area contributed by atoms with E-state index in [0.717, 1.165) is 11.3 Å². The summed E-state index contributed by atoms with van der Waals surface area (Å²) in [5, 5.41) is 19.1. The minimum atomic E-state index is -3.46. The Kier molecular flexibility index (Phi) is 9.31. The van der Waals surface area contributed by atoms with Crippen LogP contribution in [0.15, 0.2) is 14.5 Å². The number of carbonyl (C=O) groups is 1. The first kappa shape index (κ1) is 24.5. The van der Waals surface area contributed by atoms with E-state index in [-0.39, 0.29) is 28.7 Å². The van der Waals surface area contributed by atoms with Gasteiger partial charge in [0.25, 0.3) is 5.91 Å². The van der Waals surface area contributed by atoms with Crippen molar-refractivity contribution in [1.82, 2.24) is 15.4 Å². The molecule has 2 unspecified atom stereocenters. The molecule has 0 radical (unpaired) electrons. The molecule has 1 aromatic heterocycles. The molecule has 0 saturated heterocycles. The second-order valence-corrected chi connectivity index (χ2v) is 11.8. The summed E-state index contributed by atoms with van der Waals surface area (Å²) in [6.07, 6.45) is 2.24. The van der Waals surface area contributed by atoms with Crippen LogP contribution in [-0.2, 0) is 30.8 Å². The normalized spacial score (nSPS) is 21.7. The van der Waals surface area contributed by atoms with Crippen LogP contribution >= 0.6 is 11.3 Å². The van der Waals surface area contributed by atoms with E-state index in [2.05, 4.69) is 14.9 Å². The van der Waals surface area contributed by atoms with Crippen molar-refractivity contribution in [2.45, 2.75) is 65.7 Å². The predicted octanol–water partition coefficient (Wildman–Crippen LogP) is 1.68. The molecule has 1 aromatic rings. The first-order valence-electron chi connectivity index (χ1n) is 9.29. The van der Waals surface area contributed by atoms with Gasteiger partial charge in [-0.1, -0.05) is 24.7 Å². The van der Waals surface area contributed by atoms with Gasteiger partial charge in [-0.25, -0.2) is 8.42 Å². The molecule has 0 saturated carbocycles. The van der Waals surface area contributed by atoms with Gasteiger partial charge in [-0.3, -0.25) is 20.0 Å². The van der Waals surface area contributed by atoms with E-state index >= 15 is 0 Å². The van der Waals surface area contributed by atoms with E-state index in [9.17, 15) is 17.8 Å². The molecule has 3 atom stereocenters. The molecule has 29 heavy (non-hydrogen) atoms. The lowest BCUT2D eigenvalue weighted by atomic mass is 10.1. The maximum Gasteiger partial charge on any atom is 0.261 e. The van der Waals surface area contributed by atoms with Crippen molar-refractivity contribution in [3.8, 4) is 0 Å². The molecule has 10 nitrogen and oxygen atoms in total. The fourth-order valence-corrected chi connectivity index (χ4v) is 7.78. The van der Waals surface area contributed by atoms with Crippen LogP contribution in [-0.4, -0.2) is 53.1 Å². The largest absolute Gasteiger partial charge is 0.587 e. The number of sulfone groups is 1. The van der Waals surface area contributed by atoms with Crippen LogP contribution in [0.25, 0.3) is 0 Å². The van der Waals surface area contributed by atoms with Gasteiger partial charge >= 0.3 is 0 Å². The fraction of sp³-hybridized carbons (Fsp3) is 0.688. The first-order valence-corrected chi connectivity index (χ1v) is 12.8. The van der Waals surface area contributed by atoms with Gasteiger partial charge in [0, 0.05) is 24.1 Å². The quantitative estimate of drug-likeness (QED) is 0.215. The number of amides is 1. The number of thiophene rings is 1. The molecule has 1 aliphatic heterocycles. The Bertz CT molecular complexity index is 785. The fourth-order valence-electron chi connectivity index (χ4n) is 3.05. The maximum absolute atomic E-state index is 12.6. The molecule has 13 heteroatoms. The highest BCUT2D eigenvalue weighted by molar-refractivity contribution is 7.95. The monoisotopic (exact) mass is 469 g/mol. The van der Waals surface area contributed by atoms with Crippen molar-refractivity contribution < 1.29 is 33.0 Å². The number of rotatable bonds is 11. The Hall–Kier alpha value is -0.770. The molecule has 2 rings (SSSR count). The number of nitrogens with one attached hydrogen (secondary N) is 2. The summed E-state index contributed by atoms with van der Waals surface area (Å²) in [7, 11) is -3.46. The van der Waals surface area contributed by atoms with Crippen molar-refractivity contribution in [2.75, 3.05) is 13.2 Å². The van der Waals surface area contributed by atoms with Crippen LogP contribution < -0.4 is 10.0 Å². The smallest absolute Gasteiger partial charge is 0.261 e. The summed E-state index contributed by atoms with van der Waals surface area (Å²) >= 11 is -0.875. The zero-order valence-electron chi connectivity index (χ0n) is 16.3. The zero-order valence-corrected chi connectivity index (χ0v) is 18.7. The molecular weight excluding hydrogens is 442 g/mol. The summed E-state index contributed by atoms with van der Waals surface area (Å²) in [4.78, 5) is 16.4. The third-order valence-corrected chi connectivity index (χ3v) is 9.82. The van der Waals surface area contributed by atoms with Gasteiger partial charge in [-0.05, 0) is 32.7 Å². The highest BCUT2D eigenvalue weighted by Crippen LogP contribution is 2.42. The van der Waals surface area contributed by atoms with E-state index in [1.165, 1.54) is 0 Å².